The summed E-state index contributed by atoms with van der Waals surface area (Å²) in [6, 6.07) is 10.5. The summed E-state index contributed by atoms with van der Waals surface area (Å²) in [5.74, 6) is 0. The summed E-state index contributed by atoms with van der Waals surface area (Å²) in [7, 11) is 0. The van der Waals surface area contributed by atoms with Gasteiger partial charge in [-0.25, -0.2) is 0 Å². The molecule has 1 aliphatic heterocycles. The van der Waals surface area contributed by atoms with Gasteiger partial charge in [0.25, 0.3) is 0 Å². The molecule has 1 heterocycles. The van der Waals surface area contributed by atoms with E-state index in [-0.39, 0.29) is 11.6 Å². The molecule has 0 saturated carbocycles. The first-order valence-electron chi connectivity index (χ1n) is 5.65. The highest BCUT2D eigenvalue weighted by Crippen LogP contribution is 2.23. The van der Waals surface area contributed by atoms with Crippen LogP contribution in [-0.2, 0) is 6.42 Å². The summed E-state index contributed by atoms with van der Waals surface area (Å²) >= 11 is 0. The van der Waals surface area contributed by atoms with Crippen LogP contribution in [0.4, 0.5) is 0 Å². The summed E-state index contributed by atoms with van der Waals surface area (Å²) in [4.78, 5) is 0. The van der Waals surface area contributed by atoms with Gasteiger partial charge in [0.2, 0.25) is 0 Å². The Hall–Kier alpha value is -0.860. The van der Waals surface area contributed by atoms with Crippen molar-refractivity contribution in [1.29, 1.82) is 0 Å². The molecular weight excluding hydrogens is 186 g/mol. The topological polar surface area (TPSA) is 32.3 Å². The molecule has 0 radical (unpaired) electrons. The average Bonchev–Trinajstić information content (AvgIpc) is 2.18. The molecule has 15 heavy (non-hydrogen) atoms. The fourth-order valence-electron chi connectivity index (χ4n) is 2.42. The van der Waals surface area contributed by atoms with Gasteiger partial charge in [-0.2, -0.15) is 0 Å². The molecule has 1 aromatic carbocycles. The van der Waals surface area contributed by atoms with Crippen LogP contribution in [0, 0.1) is 0 Å². The van der Waals surface area contributed by atoms with Gasteiger partial charge in [0.1, 0.15) is 0 Å². The molecule has 0 aliphatic carbocycles. The zero-order valence-electron chi connectivity index (χ0n) is 9.24. The number of piperidine rings is 1. The van der Waals surface area contributed by atoms with E-state index in [9.17, 15) is 5.11 Å². The number of rotatable bonds is 2. The smallest absolute Gasteiger partial charge is 0.0570 e. The molecule has 2 rings (SSSR count). The maximum atomic E-state index is 9.68. The zero-order chi connectivity index (χ0) is 10.7. The van der Waals surface area contributed by atoms with Crippen LogP contribution in [0.2, 0.25) is 0 Å². The molecular formula is C13H19NO. The lowest BCUT2D eigenvalue weighted by atomic mass is 9.84. The van der Waals surface area contributed by atoms with E-state index in [0.29, 0.717) is 0 Å². The van der Waals surface area contributed by atoms with Gasteiger partial charge in [-0.3, -0.25) is 0 Å². The maximum absolute atomic E-state index is 9.68. The van der Waals surface area contributed by atoms with Gasteiger partial charge in [-0.1, -0.05) is 30.3 Å². The number of aliphatic hydroxyl groups excluding tert-OH is 1. The van der Waals surface area contributed by atoms with Crippen LogP contribution in [0.25, 0.3) is 0 Å². The monoisotopic (exact) mass is 205 g/mol. The Balaban J connectivity index is 2.04. The molecule has 2 heteroatoms. The number of hydrogen-bond donors (Lipinski definition) is 2. The van der Waals surface area contributed by atoms with Crippen molar-refractivity contribution in [1.82, 2.24) is 5.32 Å². The number of nitrogens with one attached hydrogen (secondary N) is 1. The molecule has 2 atom stereocenters. The van der Waals surface area contributed by atoms with Crippen LogP contribution in [0.5, 0.6) is 0 Å². The van der Waals surface area contributed by atoms with Crippen molar-refractivity contribution in [2.75, 3.05) is 6.54 Å². The second-order valence-corrected chi connectivity index (χ2v) is 4.80. The minimum absolute atomic E-state index is 0.0546. The van der Waals surface area contributed by atoms with Gasteiger partial charge in [0.05, 0.1) is 6.10 Å². The first kappa shape index (κ1) is 10.7. The van der Waals surface area contributed by atoms with Crippen molar-refractivity contribution in [3.8, 4) is 0 Å². The van der Waals surface area contributed by atoms with Gasteiger partial charge >= 0.3 is 0 Å². The molecule has 2 N–H and O–H groups in total. The fourth-order valence-corrected chi connectivity index (χ4v) is 2.42. The number of hydrogen-bond acceptors (Lipinski definition) is 2. The van der Waals surface area contributed by atoms with E-state index >= 15 is 0 Å². The summed E-state index contributed by atoms with van der Waals surface area (Å²) in [6.07, 6.45) is 2.58. The molecule has 0 bridgehead atoms. The molecule has 82 valence electrons. The highest BCUT2D eigenvalue weighted by atomic mass is 16.3. The van der Waals surface area contributed by atoms with Gasteiger partial charge < -0.3 is 10.4 Å². The molecule has 0 amide bonds. The first-order chi connectivity index (χ1) is 7.18. The summed E-state index contributed by atoms with van der Waals surface area (Å²) in [6.45, 7) is 3.12. The fraction of sp³-hybridized carbons (Fsp3) is 0.538. The number of benzene rings is 1. The van der Waals surface area contributed by atoms with Crippen molar-refractivity contribution >= 4 is 0 Å². The third-order valence-corrected chi connectivity index (χ3v) is 3.15. The van der Waals surface area contributed by atoms with Crippen molar-refractivity contribution in [3.63, 3.8) is 0 Å². The van der Waals surface area contributed by atoms with Crippen LogP contribution in [0.1, 0.15) is 25.3 Å². The van der Waals surface area contributed by atoms with E-state index in [1.54, 1.807) is 0 Å². The first-order valence-corrected chi connectivity index (χ1v) is 5.65. The highest BCUT2D eigenvalue weighted by Gasteiger charge is 2.30. The minimum Gasteiger partial charge on any atom is -0.393 e. The van der Waals surface area contributed by atoms with E-state index in [2.05, 4.69) is 36.5 Å². The van der Waals surface area contributed by atoms with E-state index in [1.165, 1.54) is 5.56 Å². The SMILES string of the molecule is CC1(Cc2ccccc2)CC(O)CCN1. The van der Waals surface area contributed by atoms with Crippen LogP contribution in [0.3, 0.4) is 0 Å². The number of aliphatic hydroxyl groups is 1. The van der Waals surface area contributed by atoms with Gasteiger partial charge in [0.15, 0.2) is 0 Å². The maximum Gasteiger partial charge on any atom is 0.0570 e. The van der Waals surface area contributed by atoms with E-state index in [0.717, 1.165) is 25.8 Å². The van der Waals surface area contributed by atoms with E-state index < -0.39 is 0 Å². The normalized spacial score (nSPS) is 31.5. The molecule has 2 unspecified atom stereocenters. The quantitative estimate of drug-likeness (QED) is 0.770. The third kappa shape index (κ3) is 2.80. The predicted octanol–water partition coefficient (Wildman–Crippen LogP) is 1.73. The summed E-state index contributed by atoms with van der Waals surface area (Å²) < 4.78 is 0. The van der Waals surface area contributed by atoms with E-state index in [4.69, 9.17) is 0 Å². The largest absolute Gasteiger partial charge is 0.393 e. The standard InChI is InChI=1S/C13H19NO/c1-13(10-12(15)7-8-14-13)9-11-5-3-2-4-6-11/h2-6,12,14-15H,7-10H2,1H3. The summed E-state index contributed by atoms with van der Waals surface area (Å²) in [5, 5.41) is 13.2. The van der Waals surface area contributed by atoms with Crippen LogP contribution >= 0.6 is 0 Å². The van der Waals surface area contributed by atoms with Crippen LogP contribution in [0.15, 0.2) is 30.3 Å². The predicted molar refractivity (Wildman–Crippen MR) is 61.8 cm³/mol. The second-order valence-electron chi connectivity index (χ2n) is 4.80. The molecule has 1 aromatic rings. The molecule has 1 fully saturated rings. The minimum atomic E-state index is -0.139. The Morgan fingerprint density at radius 2 is 2.13 bits per heavy atom. The lowest BCUT2D eigenvalue weighted by molar-refractivity contribution is 0.0843. The van der Waals surface area contributed by atoms with Crippen LogP contribution in [-0.4, -0.2) is 23.3 Å². The molecule has 0 spiro atoms. The molecule has 1 aliphatic rings. The lowest BCUT2D eigenvalue weighted by Gasteiger charge is -2.37. The Morgan fingerprint density at radius 3 is 2.80 bits per heavy atom. The highest BCUT2D eigenvalue weighted by molar-refractivity contribution is 5.18. The third-order valence-electron chi connectivity index (χ3n) is 3.15. The molecule has 1 saturated heterocycles. The van der Waals surface area contributed by atoms with Crippen molar-refractivity contribution < 1.29 is 5.11 Å². The Kier molecular flexibility index (Phi) is 3.08. The second kappa shape index (κ2) is 4.33. The van der Waals surface area contributed by atoms with Crippen LogP contribution < -0.4 is 5.32 Å². The Morgan fingerprint density at radius 1 is 1.40 bits per heavy atom. The van der Waals surface area contributed by atoms with E-state index in [1.807, 2.05) is 6.07 Å². The Bertz CT molecular complexity index is 312. The average molecular weight is 205 g/mol. The summed E-state index contributed by atoms with van der Waals surface area (Å²) in [5.41, 5.74) is 1.39. The van der Waals surface area contributed by atoms with Crippen molar-refractivity contribution in [2.24, 2.45) is 0 Å². The van der Waals surface area contributed by atoms with Crippen molar-refractivity contribution in [2.45, 2.75) is 37.8 Å². The molecule has 0 aromatic heterocycles. The van der Waals surface area contributed by atoms with Gasteiger partial charge in [-0.15, -0.1) is 0 Å². The Labute approximate surface area is 91.3 Å². The molecule has 2 nitrogen and oxygen atoms in total. The van der Waals surface area contributed by atoms with Crippen molar-refractivity contribution in [3.05, 3.63) is 35.9 Å². The zero-order valence-corrected chi connectivity index (χ0v) is 9.24. The van der Waals surface area contributed by atoms with Gasteiger partial charge in [-0.05, 0) is 38.3 Å². The van der Waals surface area contributed by atoms with Gasteiger partial charge in [0, 0.05) is 5.54 Å². The lowest BCUT2D eigenvalue weighted by Crippen LogP contribution is -2.51.